The van der Waals surface area contributed by atoms with E-state index in [0.29, 0.717) is 15.7 Å². The van der Waals surface area contributed by atoms with Gasteiger partial charge >= 0.3 is 0 Å². The van der Waals surface area contributed by atoms with Gasteiger partial charge in [0.25, 0.3) is 0 Å². The molecule has 0 atom stereocenters. The molecule has 0 spiro atoms. The second kappa shape index (κ2) is 4.27. The number of hydrogen-bond donors (Lipinski definition) is 2. The maximum atomic E-state index is 6.00. The van der Waals surface area contributed by atoms with Gasteiger partial charge in [0.05, 0.1) is 19.3 Å². The molecule has 0 unspecified atom stereocenters. The Hall–Kier alpha value is -0.730. The quantitative estimate of drug-likeness (QED) is 0.597. The third kappa shape index (κ3) is 2.04. The molecule has 0 radical (unpaired) electrons. The topological polar surface area (TPSA) is 82.7 Å². The molecule has 16 heavy (non-hydrogen) atoms. The Morgan fingerprint density at radius 3 is 2.19 bits per heavy atom. The second-order valence-corrected chi connectivity index (χ2v) is 4.86. The van der Waals surface area contributed by atoms with Crippen molar-refractivity contribution in [1.82, 2.24) is 14.8 Å². The number of rotatable bonds is 1. The Labute approximate surface area is 115 Å². The van der Waals surface area contributed by atoms with Gasteiger partial charge in [-0.1, -0.05) is 23.2 Å². The lowest BCUT2D eigenvalue weighted by molar-refractivity contribution is 0.895. The smallest absolute Gasteiger partial charge is 0.241 e. The molecule has 1 aromatic heterocycles. The number of nitrogen functional groups attached to an aromatic ring is 2. The SMILES string of the molecule is Nc1nc(N)n(-c2cc(Cl)c(I)c(Cl)c2)n1. The molecule has 0 aliphatic rings. The monoisotopic (exact) mass is 369 g/mol. The lowest BCUT2D eigenvalue weighted by atomic mass is 10.3. The van der Waals surface area contributed by atoms with Crippen LogP contribution in [0.5, 0.6) is 0 Å². The molecule has 1 heterocycles. The summed E-state index contributed by atoms with van der Waals surface area (Å²) in [5.74, 6) is 0.286. The van der Waals surface area contributed by atoms with Crippen molar-refractivity contribution in [2.24, 2.45) is 0 Å². The van der Waals surface area contributed by atoms with Gasteiger partial charge < -0.3 is 11.5 Å². The second-order valence-electron chi connectivity index (χ2n) is 2.96. The number of nitrogens with two attached hydrogens (primary N) is 2. The Balaban J connectivity index is 2.61. The number of aromatic nitrogens is 3. The summed E-state index contributed by atoms with van der Waals surface area (Å²) in [6, 6.07) is 3.39. The van der Waals surface area contributed by atoms with Crippen molar-refractivity contribution >= 4 is 57.7 Å². The van der Waals surface area contributed by atoms with Crippen LogP contribution in [-0.2, 0) is 0 Å². The zero-order chi connectivity index (χ0) is 11.9. The molecule has 2 rings (SSSR count). The first-order chi connectivity index (χ1) is 7.49. The molecule has 8 heteroatoms. The minimum atomic E-state index is 0.100. The predicted octanol–water partition coefficient (Wildman–Crippen LogP) is 2.34. The van der Waals surface area contributed by atoms with Crippen molar-refractivity contribution < 1.29 is 0 Å². The molecule has 4 N–H and O–H groups in total. The van der Waals surface area contributed by atoms with E-state index in [-0.39, 0.29) is 11.9 Å². The molecule has 0 amide bonds. The standard InChI is InChI=1S/C8H6Cl2IN5/c9-4-1-3(2-5(10)6(4)11)16-8(13)14-7(12)15-16/h1-2H,(H4,12,13,14,15). The fraction of sp³-hybridized carbons (Fsp3) is 0. The van der Waals surface area contributed by atoms with Crippen molar-refractivity contribution in [3.05, 3.63) is 25.7 Å². The molecule has 2 aromatic rings. The van der Waals surface area contributed by atoms with Gasteiger partial charge in [-0.2, -0.15) is 9.67 Å². The van der Waals surface area contributed by atoms with E-state index < -0.39 is 0 Å². The average Bonchev–Trinajstić information content (AvgIpc) is 2.53. The van der Waals surface area contributed by atoms with E-state index in [1.807, 2.05) is 0 Å². The number of halogens is 3. The van der Waals surface area contributed by atoms with E-state index in [1.165, 1.54) is 4.68 Å². The van der Waals surface area contributed by atoms with Crippen LogP contribution >= 0.6 is 45.8 Å². The number of hydrogen-bond acceptors (Lipinski definition) is 4. The van der Waals surface area contributed by atoms with Gasteiger partial charge in [-0.25, -0.2) is 0 Å². The van der Waals surface area contributed by atoms with E-state index in [2.05, 4.69) is 32.7 Å². The summed E-state index contributed by atoms with van der Waals surface area (Å²) in [6.07, 6.45) is 0. The molecule has 84 valence electrons. The van der Waals surface area contributed by atoms with Crippen LogP contribution in [0.1, 0.15) is 0 Å². The molecule has 0 saturated heterocycles. The first-order valence-electron chi connectivity index (χ1n) is 4.12. The highest BCUT2D eigenvalue weighted by molar-refractivity contribution is 14.1. The van der Waals surface area contributed by atoms with Gasteiger partial charge in [-0.15, -0.1) is 5.10 Å². The molecule has 0 fully saturated rings. The summed E-state index contributed by atoms with van der Waals surface area (Å²) in [5, 5.41) is 4.98. The molecule has 1 aromatic carbocycles. The van der Waals surface area contributed by atoms with Crippen LogP contribution in [0.4, 0.5) is 11.9 Å². The van der Waals surface area contributed by atoms with Gasteiger partial charge in [-0.05, 0) is 34.7 Å². The van der Waals surface area contributed by atoms with Crippen molar-refractivity contribution in [2.75, 3.05) is 11.5 Å². The maximum absolute atomic E-state index is 6.00. The minimum absolute atomic E-state index is 0.100. The summed E-state index contributed by atoms with van der Waals surface area (Å²) in [7, 11) is 0. The Morgan fingerprint density at radius 1 is 1.19 bits per heavy atom. The maximum Gasteiger partial charge on any atom is 0.241 e. The van der Waals surface area contributed by atoms with Crippen LogP contribution in [-0.4, -0.2) is 14.8 Å². The lowest BCUT2D eigenvalue weighted by Crippen LogP contribution is -2.03. The molecule has 0 bridgehead atoms. The van der Waals surface area contributed by atoms with Crippen LogP contribution in [0.25, 0.3) is 5.69 Å². The number of benzene rings is 1. The first-order valence-corrected chi connectivity index (χ1v) is 5.95. The molecule has 5 nitrogen and oxygen atoms in total. The summed E-state index contributed by atoms with van der Waals surface area (Å²) < 4.78 is 2.15. The zero-order valence-electron chi connectivity index (χ0n) is 7.78. The summed E-state index contributed by atoms with van der Waals surface area (Å²) >= 11 is 14.1. The van der Waals surface area contributed by atoms with Gasteiger partial charge in [0, 0.05) is 0 Å². The third-order valence-corrected chi connectivity index (χ3v) is 4.26. The van der Waals surface area contributed by atoms with E-state index in [9.17, 15) is 0 Å². The van der Waals surface area contributed by atoms with E-state index >= 15 is 0 Å². The normalized spacial score (nSPS) is 10.7. The summed E-state index contributed by atoms with van der Waals surface area (Å²) in [6.45, 7) is 0. The predicted molar refractivity (Wildman–Crippen MR) is 72.9 cm³/mol. The molecule has 0 aliphatic carbocycles. The van der Waals surface area contributed by atoms with E-state index in [0.717, 1.165) is 3.57 Å². The fourth-order valence-electron chi connectivity index (χ4n) is 1.20. The van der Waals surface area contributed by atoms with Crippen LogP contribution in [0.3, 0.4) is 0 Å². The highest BCUT2D eigenvalue weighted by atomic mass is 127. The fourth-order valence-corrected chi connectivity index (χ4v) is 1.98. The minimum Gasteiger partial charge on any atom is -0.368 e. The summed E-state index contributed by atoms with van der Waals surface area (Å²) in [4.78, 5) is 3.79. The molecule has 0 aliphatic heterocycles. The highest BCUT2D eigenvalue weighted by Crippen LogP contribution is 2.29. The van der Waals surface area contributed by atoms with Crippen LogP contribution in [0, 0.1) is 3.57 Å². The van der Waals surface area contributed by atoms with E-state index in [1.54, 1.807) is 12.1 Å². The lowest BCUT2D eigenvalue weighted by Gasteiger charge is -2.06. The first kappa shape index (κ1) is 11.7. The summed E-state index contributed by atoms with van der Waals surface area (Å²) in [5.41, 5.74) is 11.7. The van der Waals surface area contributed by atoms with E-state index in [4.69, 9.17) is 34.7 Å². The Morgan fingerprint density at radius 2 is 1.75 bits per heavy atom. The van der Waals surface area contributed by atoms with Gasteiger partial charge in [-0.3, -0.25) is 0 Å². The molecular weight excluding hydrogens is 364 g/mol. The Bertz CT molecular complexity index is 530. The van der Waals surface area contributed by atoms with Crippen molar-refractivity contribution in [3.63, 3.8) is 0 Å². The highest BCUT2D eigenvalue weighted by Gasteiger charge is 2.11. The van der Waals surface area contributed by atoms with Gasteiger partial charge in [0.2, 0.25) is 11.9 Å². The van der Waals surface area contributed by atoms with Crippen LogP contribution in [0.15, 0.2) is 12.1 Å². The third-order valence-electron chi connectivity index (χ3n) is 1.86. The molecule has 0 saturated carbocycles. The number of anilines is 2. The molecular formula is C8H6Cl2IN5. The van der Waals surface area contributed by atoms with Crippen LogP contribution in [0.2, 0.25) is 10.0 Å². The van der Waals surface area contributed by atoms with Crippen molar-refractivity contribution in [1.29, 1.82) is 0 Å². The van der Waals surface area contributed by atoms with Gasteiger partial charge in [0.1, 0.15) is 0 Å². The number of nitrogens with zero attached hydrogens (tertiary/aromatic N) is 3. The van der Waals surface area contributed by atoms with Crippen molar-refractivity contribution in [3.8, 4) is 5.69 Å². The average molecular weight is 370 g/mol. The Kier molecular flexibility index (Phi) is 3.13. The largest absolute Gasteiger partial charge is 0.368 e. The van der Waals surface area contributed by atoms with Crippen LogP contribution < -0.4 is 11.5 Å². The van der Waals surface area contributed by atoms with Gasteiger partial charge in [0.15, 0.2) is 0 Å². The van der Waals surface area contributed by atoms with Crippen molar-refractivity contribution in [2.45, 2.75) is 0 Å². The zero-order valence-corrected chi connectivity index (χ0v) is 11.5.